The Hall–Kier alpha value is -1.70. The van der Waals surface area contributed by atoms with Crippen molar-refractivity contribution in [2.24, 2.45) is 0 Å². The molecule has 0 radical (unpaired) electrons. The molecule has 2 N–H and O–H groups in total. The molecule has 0 fully saturated rings. The first-order valence-corrected chi connectivity index (χ1v) is 7.69. The molecule has 106 valence electrons. The first-order valence-electron chi connectivity index (χ1n) is 6.25. The van der Waals surface area contributed by atoms with E-state index in [0.29, 0.717) is 24.3 Å². The lowest BCUT2D eigenvalue weighted by molar-refractivity contribution is 0.277. The molecular weight excluding hydrogens is 278 g/mol. The van der Waals surface area contributed by atoms with Crippen LogP contribution in [-0.4, -0.2) is 28.0 Å². The summed E-state index contributed by atoms with van der Waals surface area (Å²) in [5, 5.41) is 15.7. The number of nitrogens with one attached hydrogen (secondary N) is 1. The lowest BCUT2D eigenvalue weighted by Crippen LogP contribution is -2.27. The third-order valence-corrected chi connectivity index (χ3v) is 5.35. The number of aryl methyl sites for hydroxylation is 1. The number of aliphatic hydroxyl groups excluding tert-OH is 1. The van der Waals surface area contributed by atoms with Gasteiger partial charge in [-0.3, -0.25) is 5.10 Å². The molecule has 0 amide bonds. The van der Waals surface area contributed by atoms with Gasteiger partial charge in [0, 0.05) is 24.3 Å². The van der Waals surface area contributed by atoms with Gasteiger partial charge in [0.05, 0.1) is 6.61 Å². The van der Waals surface area contributed by atoms with Crippen molar-refractivity contribution in [2.45, 2.75) is 31.6 Å². The summed E-state index contributed by atoms with van der Waals surface area (Å²) in [4.78, 5) is 0. The van der Waals surface area contributed by atoms with Gasteiger partial charge in [0.15, 0.2) is 5.03 Å². The molecule has 1 aromatic heterocycles. The normalized spacial score (nSPS) is 15.5. The van der Waals surface area contributed by atoms with Gasteiger partial charge in [-0.25, -0.2) is 8.42 Å². The Morgan fingerprint density at radius 1 is 1.30 bits per heavy atom. The average molecular weight is 293 g/mol. The molecular formula is C13H15N3O3S. The highest BCUT2D eigenvalue weighted by molar-refractivity contribution is 7.89. The van der Waals surface area contributed by atoms with Crippen LogP contribution < -0.4 is 0 Å². The van der Waals surface area contributed by atoms with E-state index in [1.807, 2.05) is 24.3 Å². The SMILES string of the molecule is Cc1[nH]nc(S(=O)(=O)N2Cc3ccccc3C2)c1CO. The van der Waals surface area contributed by atoms with Crippen LogP contribution in [0.15, 0.2) is 29.3 Å². The fourth-order valence-electron chi connectivity index (χ4n) is 2.42. The molecule has 6 nitrogen and oxygen atoms in total. The van der Waals surface area contributed by atoms with Gasteiger partial charge in [-0.1, -0.05) is 24.3 Å². The minimum Gasteiger partial charge on any atom is -0.392 e. The number of aromatic amines is 1. The van der Waals surface area contributed by atoms with Gasteiger partial charge in [-0.05, 0) is 18.1 Å². The molecule has 0 aliphatic carbocycles. The van der Waals surface area contributed by atoms with Crippen LogP contribution in [0.25, 0.3) is 0 Å². The lowest BCUT2D eigenvalue weighted by Gasteiger charge is -2.14. The third kappa shape index (κ3) is 1.94. The molecule has 0 unspecified atom stereocenters. The van der Waals surface area contributed by atoms with Gasteiger partial charge in [0.2, 0.25) is 0 Å². The van der Waals surface area contributed by atoms with Crippen LogP contribution in [-0.2, 0) is 29.7 Å². The standard InChI is InChI=1S/C13H15N3O3S/c1-9-12(8-17)13(15-14-9)20(18,19)16-6-10-4-2-3-5-11(10)7-16/h2-5,17H,6-8H2,1H3,(H,14,15). The van der Waals surface area contributed by atoms with E-state index in [1.54, 1.807) is 6.92 Å². The average Bonchev–Trinajstić information content (AvgIpc) is 3.02. The molecule has 1 aromatic carbocycles. The van der Waals surface area contributed by atoms with Crippen molar-refractivity contribution in [1.29, 1.82) is 0 Å². The number of hydrogen-bond donors (Lipinski definition) is 2. The third-order valence-electron chi connectivity index (χ3n) is 3.59. The highest BCUT2D eigenvalue weighted by atomic mass is 32.2. The number of sulfonamides is 1. The summed E-state index contributed by atoms with van der Waals surface area (Å²) in [5.41, 5.74) is 2.92. The molecule has 1 aliphatic rings. The lowest BCUT2D eigenvalue weighted by atomic mass is 10.1. The van der Waals surface area contributed by atoms with E-state index in [-0.39, 0.29) is 11.6 Å². The van der Waals surface area contributed by atoms with Crippen molar-refractivity contribution in [1.82, 2.24) is 14.5 Å². The van der Waals surface area contributed by atoms with Gasteiger partial charge in [0.1, 0.15) is 0 Å². The molecule has 0 saturated carbocycles. The van der Waals surface area contributed by atoms with E-state index in [0.717, 1.165) is 11.1 Å². The Balaban J connectivity index is 1.99. The topological polar surface area (TPSA) is 86.3 Å². The predicted octanol–water partition coefficient (Wildman–Crippen LogP) is 0.915. The van der Waals surface area contributed by atoms with Gasteiger partial charge < -0.3 is 5.11 Å². The molecule has 0 atom stereocenters. The molecule has 20 heavy (non-hydrogen) atoms. The number of fused-ring (bicyclic) bond motifs is 1. The van der Waals surface area contributed by atoms with Gasteiger partial charge in [-0.2, -0.15) is 9.40 Å². The van der Waals surface area contributed by atoms with E-state index in [4.69, 9.17) is 0 Å². The maximum Gasteiger partial charge on any atom is 0.263 e. The minimum atomic E-state index is -3.70. The number of aliphatic hydroxyl groups is 1. The monoisotopic (exact) mass is 293 g/mol. The van der Waals surface area contributed by atoms with Crippen molar-refractivity contribution < 1.29 is 13.5 Å². The number of H-pyrrole nitrogens is 1. The molecule has 2 heterocycles. The van der Waals surface area contributed by atoms with Crippen LogP contribution in [0.4, 0.5) is 0 Å². The quantitative estimate of drug-likeness (QED) is 0.881. The maximum atomic E-state index is 12.6. The molecule has 0 bridgehead atoms. The first-order chi connectivity index (χ1) is 9.54. The summed E-state index contributed by atoms with van der Waals surface area (Å²) in [6.07, 6.45) is 0. The van der Waals surface area contributed by atoms with Crippen LogP contribution in [0.2, 0.25) is 0 Å². The zero-order chi connectivity index (χ0) is 14.3. The van der Waals surface area contributed by atoms with Crippen LogP contribution in [0, 0.1) is 6.92 Å². The number of nitrogens with zero attached hydrogens (tertiary/aromatic N) is 2. The zero-order valence-electron chi connectivity index (χ0n) is 11.0. The number of rotatable bonds is 3. The van der Waals surface area contributed by atoms with Crippen molar-refractivity contribution in [3.05, 3.63) is 46.6 Å². The number of aromatic nitrogens is 2. The second kappa shape index (κ2) is 4.69. The van der Waals surface area contributed by atoms with E-state index >= 15 is 0 Å². The predicted molar refractivity (Wildman–Crippen MR) is 72.1 cm³/mol. The highest BCUT2D eigenvalue weighted by Gasteiger charge is 2.34. The summed E-state index contributed by atoms with van der Waals surface area (Å²) in [6, 6.07) is 7.64. The molecule has 1 aliphatic heterocycles. The zero-order valence-corrected chi connectivity index (χ0v) is 11.8. The van der Waals surface area contributed by atoms with Crippen LogP contribution in [0.5, 0.6) is 0 Å². The molecule has 0 spiro atoms. The minimum absolute atomic E-state index is 0.0784. The first kappa shape index (κ1) is 13.3. The summed E-state index contributed by atoms with van der Waals surface area (Å²) < 4.78 is 26.6. The van der Waals surface area contributed by atoms with Gasteiger partial charge >= 0.3 is 0 Å². The Morgan fingerprint density at radius 2 is 1.90 bits per heavy atom. The van der Waals surface area contributed by atoms with E-state index in [1.165, 1.54) is 4.31 Å². The van der Waals surface area contributed by atoms with Crippen LogP contribution in [0.3, 0.4) is 0 Å². The summed E-state index contributed by atoms with van der Waals surface area (Å²) >= 11 is 0. The second-order valence-electron chi connectivity index (χ2n) is 4.83. The molecule has 3 rings (SSSR count). The number of hydrogen-bond acceptors (Lipinski definition) is 4. The molecule has 0 saturated heterocycles. The summed E-state index contributed by atoms with van der Waals surface area (Å²) in [6.45, 7) is 2.03. The maximum absolute atomic E-state index is 12.6. The largest absolute Gasteiger partial charge is 0.392 e. The fraction of sp³-hybridized carbons (Fsp3) is 0.308. The van der Waals surface area contributed by atoms with Gasteiger partial charge in [0.25, 0.3) is 10.0 Å². The fourth-order valence-corrected chi connectivity index (χ4v) is 3.98. The van der Waals surface area contributed by atoms with Crippen molar-refractivity contribution in [2.75, 3.05) is 0 Å². The number of benzene rings is 1. The Labute approximate surface area is 117 Å². The summed E-state index contributed by atoms with van der Waals surface area (Å²) in [7, 11) is -3.70. The Bertz CT molecular complexity index is 727. The smallest absolute Gasteiger partial charge is 0.263 e. The van der Waals surface area contributed by atoms with Crippen molar-refractivity contribution >= 4 is 10.0 Å². The Morgan fingerprint density at radius 3 is 2.45 bits per heavy atom. The van der Waals surface area contributed by atoms with Gasteiger partial charge in [-0.15, -0.1) is 0 Å². The Kier molecular flexibility index (Phi) is 3.12. The van der Waals surface area contributed by atoms with Crippen LogP contribution in [0.1, 0.15) is 22.4 Å². The van der Waals surface area contributed by atoms with E-state index in [9.17, 15) is 13.5 Å². The molecule has 2 aromatic rings. The van der Waals surface area contributed by atoms with E-state index < -0.39 is 10.0 Å². The highest BCUT2D eigenvalue weighted by Crippen LogP contribution is 2.29. The summed E-state index contributed by atoms with van der Waals surface area (Å²) in [5.74, 6) is 0. The van der Waals surface area contributed by atoms with Crippen molar-refractivity contribution in [3.63, 3.8) is 0 Å². The molecule has 7 heteroatoms. The van der Waals surface area contributed by atoms with Crippen molar-refractivity contribution in [3.8, 4) is 0 Å². The second-order valence-corrected chi connectivity index (χ2v) is 6.69. The van der Waals surface area contributed by atoms with Crippen LogP contribution >= 0.6 is 0 Å². The van der Waals surface area contributed by atoms with E-state index in [2.05, 4.69) is 10.2 Å².